The molecule has 1 amide bonds. The lowest BCUT2D eigenvalue weighted by Crippen LogP contribution is -2.23. The molecule has 0 unspecified atom stereocenters. The SMILES string of the molecule is O=C(Nc1ccc(S(=O)(=O)NCc2ccc(Cl)cc2)cc1F)c1ccc(Cl)cc1. The van der Waals surface area contributed by atoms with E-state index >= 15 is 0 Å². The van der Waals surface area contributed by atoms with E-state index in [0.29, 0.717) is 15.6 Å². The second-order valence-electron chi connectivity index (χ2n) is 6.05. The smallest absolute Gasteiger partial charge is 0.255 e. The molecule has 0 aromatic heterocycles. The highest BCUT2D eigenvalue weighted by atomic mass is 35.5. The molecule has 0 atom stereocenters. The van der Waals surface area contributed by atoms with Crippen LogP contribution in [0, 0.1) is 5.82 Å². The van der Waals surface area contributed by atoms with Crippen molar-refractivity contribution in [1.29, 1.82) is 0 Å². The summed E-state index contributed by atoms with van der Waals surface area (Å²) in [7, 11) is -3.94. The number of hydrogen-bond donors (Lipinski definition) is 2. The zero-order chi connectivity index (χ0) is 21.0. The van der Waals surface area contributed by atoms with Crippen molar-refractivity contribution in [3.05, 3.63) is 93.7 Å². The normalized spacial score (nSPS) is 11.3. The van der Waals surface area contributed by atoms with Gasteiger partial charge in [0.25, 0.3) is 5.91 Å². The number of anilines is 1. The fourth-order valence-corrected chi connectivity index (χ4v) is 3.71. The van der Waals surface area contributed by atoms with Gasteiger partial charge in [-0.1, -0.05) is 35.3 Å². The quantitative estimate of drug-likeness (QED) is 0.560. The van der Waals surface area contributed by atoms with Gasteiger partial charge in [-0.25, -0.2) is 17.5 Å². The van der Waals surface area contributed by atoms with Crippen LogP contribution in [0.15, 0.2) is 71.6 Å². The number of carbonyl (C=O) groups excluding carboxylic acids is 1. The van der Waals surface area contributed by atoms with Gasteiger partial charge in [-0.05, 0) is 60.2 Å². The topological polar surface area (TPSA) is 75.3 Å². The van der Waals surface area contributed by atoms with Crippen molar-refractivity contribution in [1.82, 2.24) is 4.72 Å². The minimum atomic E-state index is -3.94. The summed E-state index contributed by atoms with van der Waals surface area (Å²) in [6.07, 6.45) is 0. The Hall–Kier alpha value is -2.45. The zero-order valence-electron chi connectivity index (χ0n) is 14.8. The predicted molar refractivity (Wildman–Crippen MR) is 111 cm³/mol. The molecule has 0 fully saturated rings. The molecule has 2 N–H and O–H groups in total. The van der Waals surface area contributed by atoms with Crippen LogP contribution in [-0.2, 0) is 16.6 Å². The monoisotopic (exact) mass is 452 g/mol. The van der Waals surface area contributed by atoms with Gasteiger partial charge in [0, 0.05) is 22.2 Å². The third-order valence-electron chi connectivity index (χ3n) is 3.99. The van der Waals surface area contributed by atoms with Crippen LogP contribution < -0.4 is 10.0 Å². The average Bonchev–Trinajstić information content (AvgIpc) is 2.69. The van der Waals surface area contributed by atoms with E-state index in [0.717, 1.165) is 6.07 Å². The molecule has 150 valence electrons. The van der Waals surface area contributed by atoms with Gasteiger partial charge in [0.1, 0.15) is 5.82 Å². The van der Waals surface area contributed by atoms with Crippen molar-refractivity contribution in [3.63, 3.8) is 0 Å². The maximum Gasteiger partial charge on any atom is 0.255 e. The van der Waals surface area contributed by atoms with E-state index in [1.807, 2.05) is 0 Å². The Morgan fingerprint density at radius 3 is 2.07 bits per heavy atom. The molecule has 0 aliphatic heterocycles. The molecule has 0 aliphatic rings. The number of benzene rings is 3. The fourth-order valence-electron chi connectivity index (χ4n) is 2.42. The number of sulfonamides is 1. The second kappa shape index (κ2) is 8.92. The van der Waals surface area contributed by atoms with E-state index in [1.165, 1.54) is 36.4 Å². The van der Waals surface area contributed by atoms with Crippen LogP contribution in [0.5, 0.6) is 0 Å². The van der Waals surface area contributed by atoms with E-state index in [9.17, 15) is 17.6 Å². The largest absolute Gasteiger partial charge is 0.319 e. The standard InChI is InChI=1S/C20H15Cl2FN2O3S/c21-15-5-1-13(2-6-15)12-24-29(27,28)17-9-10-19(18(23)11-17)25-20(26)14-3-7-16(22)8-4-14/h1-11,24H,12H2,(H,25,26). The number of nitrogens with one attached hydrogen (secondary N) is 2. The molecule has 0 bridgehead atoms. The molecule has 3 rings (SSSR count). The Morgan fingerprint density at radius 2 is 1.48 bits per heavy atom. The predicted octanol–water partition coefficient (Wildman–Crippen LogP) is 4.86. The highest BCUT2D eigenvalue weighted by molar-refractivity contribution is 7.89. The van der Waals surface area contributed by atoms with Crippen molar-refractivity contribution in [2.45, 2.75) is 11.4 Å². The molecular formula is C20H15Cl2FN2O3S. The lowest BCUT2D eigenvalue weighted by Gasteiger charge is -2.10. The van der Waals surface area contributed by atoms with E-state index in [1.54, 1.807) is 24.3 Å². The van der Waals surface area contributed by atoms with Gasteiger partial charge in [-0.2, -0.15) is 0 Å². The zero-order valence-corrected chi connectivity index (χ0v) is 17.2. The number of rotatable bonds is 6. The number of carbonyl (C=O) groups is 1. The Labute approximate surface area is 177 Å². The highest BCUT2D eigenvalue weighted by Crippen LogP contribution is 2.20. The van der Waals surface area contributed by atoms with Crippen LogP contribution >= 0.6 is 23.2 Å². The Morgan fingerprint density at radius 1 is 0.897 bits per heavy atom. The summed E-state index contributed by atoms with van der Waals surface area (Å²) < 4.78 is 41.6. The van der Waals surface area contributed by atoms with Gasteiger partial charge < -0.3 is 5.32 Å². The Kier molecular flexibility index (Phi) is 6.54. The molecule has 0 heterocycles. The average molecular weight is 453 g/mol. The highest BCUT2D eigenvalue weighted by Gasteiger charge is 2.17. The number of halogens is 3. The molecule has 3 aromatic rings. The minimum absolute atomic E-state index is 0.0240. The number of amides is 1. The first-order valence-electron chi connectivity index (χ1n) is 8.35. The van der Waals surface area contributed by atoms with Crippen molar-refractivity contribution >= 4 is 44.8 Å². The van der Waals surface area contributed by atoms with Crippen molar-refractivity contribution < 1.29 is 17.6 Å². The molecule has 0 spiro atoms. The van der Waals surface area contributed by atoms with Gasteiger partial charge in [-0.15, -0.1) is 0 Å². The first-order valence-corrected chi connectivity index (χ1v) is 10.6. The van der Waals surface area contributed by atoms with Crippen LogP contribution in [0.1, 0.15) is 15.9 Å². The maximum absolute atomic E-state index is 14.4. The van der Waals surface area contributed by atoms with Gasteiger partial charge in [0.05, 0.1) is 10.6 Å². The molecule has 0 aliphatic carbocycles. The lowest BCUT2D eigenvalue weighted by molar-refractivity contribution is 0.102. The minimum Gasteiger partial charge on any atom is -0.319 e. The van der Waals surface area contributed by atoms with E-state index in [4.69, 9.17) is 23.2 Å². The molecule has 0 saturated carbocycles. The van der Waals surface area contributed by atoms with Gasteiger partial charge in [0.2, 0.25) is 10.0 Å². The van der Waals surface area contributed by atoms with Gasteiger partial charge in [0.15, 0.2) is 0 Å². The summed E-state index contributed by atoms with van der Waals surface area (Å²) in [6.45, 7) is 0.0240. The summed E-state index contributed by atoms with van der Waals surface area (Å²) >= 11 is 11.6. The Balaban J connectivity index is 1.71. The third-order valence-corrected chi connectivity index (χ3v) is 5.89. The van der Waals surface area contributed by atoms with Crippen molar-refractivity contribution in [2.75, 3.05) is 5.32 Å². The van der Waals surface area contributed by atoms with Crippen LogP contribution in [0.25, 0.3) is 0 Å². The molecule has 29 heavy (non-hydrogen) atoms. The van der Waals surface area contributed by atoms with Crippen LogP contribution in [0.2, 0.25) is 10.0 Å². The van der Waals surface area contributed by atoms with Crippen molar-refractivity contribution in [2.24, 2.45) is 0 Å². The first-order chi connectivity index (χ1) is 13.7. The molecule has 5 nitrogen and oxygen atoms in total. The van der Waals surface area contributed by atoms with Crippen LogP contribution in [0.4, 0.5) is 10.1 Å². The van der Waals surface area contributed by atoms with Gasteiger partial charge in [-0.3, -0.25) is 4.79 Å². The fraction of sp³-hybridized carbons (Fsp3) is 0.0500. The van der Waals surface area contributed by atoms with E-state index in [-0.39, 0.29) is 22.7 Å². The molecule has 0 saturated heterocycles. The summed E-state index contributed by atoms with van der Waals surface area (Å²) in [6, 6.07) is 16.0. The van der Waals surface area contributed by atoms with Crippen LogP contribution in [-0.4, -0.2) is 14.3 Å². The molecular weight excluding hydrogens is 438 g/mol. The molecule has 9 heteroatoms. The second-order valence-corrected chi connectivity index (χ2v) is 8.69. The lowest BCUT2D eigenvalue weighted by atomic mass is 10.2. The Bertz CT molecular complexity index is 1140. The summed E-state index contributed by atoms with van der Waals surface area (Å²) in [5.41, 5.74) is 0.849. The summed E-state index contributed by atoms with van der Waals surface area (Å²) in [5, 5.41) is 3.41. The van der Waals surface area contributed by atoms with Crippen molar-refractivity contribution in [3.8, 4) is 0 Å². The third kappa shape index (κ3) is 5.55. The molecule has 0 radical (unpaired) electrons. The summed E-state index contributed by atoms with van der Waals surface area (Å²) in [4.78, 5) is 11.9. The van der Waals surface area contributed by atoms with E-state index < -0.39 is 21.7 Å². The summed E-state index contributed by atoms with van der Waals surface area (Å²) in [5.74, 6) is -1.42. The van der Waals surface area contributed by atoms with Crippen LogP contribution in [0.3, 0.4) is 0 Å². The van der Waals surface area contributed by atoms with E-state index in [2.05, 4.69) is 10.0 Å². The van der Waals surface area contributed by atoms with Gasteiger partial charge >= 0.3 is 0 Å². The first kappa shape index (κ1) is 21.3. The molecule has 3 aromatic carbocycles. The number of hydrogen-bond acceptors (Lipinski definition) is 3. The maximum atomic E-state index is 14.4.